The summed E-state index contributed by atoms with van der Waals surface area (Å²) < 4.78 is 0. The molecule has 18 heavy (non-hydrogen) atoms. The first-order valence-electron chi connectivity index (χ1n) is 7.29. The molecule has 0 heterocycles. The van der Waals surface area contributed by atoms with E-state index in [0.29, 0.717) is 6.54 Å². The normalized spacial score (nSPS) is 16.8. The van der Waals surface area contributed by atoms with Crippen molar-refractivity contribution >= 4 is 5.69 Å². The van der Waals surface area contributed by atoms with E-state index in [1.165, 1.54) is 56.3 Å². The molecule has 2 nitrogen and oxygen atoms in total. The van der Waals surface area contributed by atoms with Crippen LogP contribution in [0.25, 0.3) is 0 Å². The summed E-state index contributed by atoms with van der Waals surface area (Å²) in [6.07, 6.45) is 8.55. The minimum absolute atomic E-state index is 0.629. The highest BCUT2D eigenvalue weighted by Gasteiger charge is 2.14. The van der Waals surface area contributed by atoms with Crippen LogP contribution in [0.2, 0.25) is 0 Å². The highest BCUT2D eigenvalue weighted by molar-refractivity contribution is 5.47. The van der Waals surface area contributed by atoms with Gasteiger partial charge in [0, 0.05) is 25.8 Å². The molecule has 0 saturated heterocycles. The zero-order valence-electron chi connectivity index (χ0n) is 11.6. The van der Waals surface area contributed by atoms with Gasteiger partial charge >= 0.3 is 0 Å². The molecule has 0 amide bonds. The minimum Gasteiger partial charge on any atom is -0.375 e. The Labute approximate surface area is 111 Å². The highest BCUT2D eigenvalue weighted by atomic mass is 15.1. The fourth-order valence-electron chi connectivity index (χ4n) is 2.90. The molecule has 1 aromatic rings. The Morgan fingerprint density at radius 1 is 1.22 bits per heavy atom. The summed E-state index contributed by atoms with van der Waals surface area (Å²) in [5.41, 5.74) is 8.21. The maximum Gasteiger partial charge on any atom is 0.0366 e. The maximum absolute atomic E-state index is 5.69. The summed E-state index contributed by atoms with van der Waals surface area (Å²) in [5.74, 6) is 0.957. The number of nitrogens with two attached hydrogens (primary N) is 1. The van der Waals surface area contributed by atoms with Crippen LogP contribution in [0.3, 0.4) is 0 Å². The van der Waals surface area contributed by atoms with E-state index in [9.17, 15) is 0 Å². The highest BCUT2D eigenvalue weighted by Crippen LogP contribution is 2.27. The second-order valence-electron chi connectivity index (χ2n) is 5.59. The van der Waals surface area contributed by atoms with Crippen LogP contribution in [0, 0.1) is 5.92 Å². The molecule has 0 aliphatic heterocycles. The number of hydrogen-bond acceptors (Lipinski definition) is 2. The van der Waals surface area contributed by atoms with Gasteiger partial charge < -0.3 is 10.6 Å². The lowest BCUT2D eigenvalue weighted by Crippen LogP contribution is -2.22. The molecule has 1 fully saturated rings. The molecule has 0 bridgehead atoms. The van der Waals surface area contributed by atoms with E-state index in [1.54, 1.807) is 0 Å². The van der Waals surface area contributed by atoms with Crippen molar-refractivity contribution < 1.29 is 0 Å². The SMILES string of the molecule is CN(CCC1CCCCC1)c1cccc(CN)c1. The third-order valence-electron chi connectivity index (χ3n) is 4.18. The number of nitrogens with zero attached hydrogens (tertiary/aromatic N) is 1. The van der Waals surface area contributed by atoms with Crippen molar-refractivity contribution in [2.75, 3.05) is 18.5 Å². The molecule has 1 aliphatic carbocycles. The fourth-order valence-corrected chi connectivity index (χ4v) is 2.90. The zero-order chi connectivity index (χ0) is 12.8. The Bertz CT molecular complexity index is 356. The van der Waals surface area contributed by atoms with Crippen LogP contribution >= 0.6 is 0 Å². The van der Waals surface area contributed by atoms with Gasteiger partial charge in [-0.2, -0.15) is 0 Å². The van der Waals surface area contributed by atoms with Gasteiger partial charge in [0.25, 0.3) is 0 Å². The van der Waals surface area contributed by atoms with Gasteiger partial charge in [0.05, 0.1) is 0 Å². The van der Waals surface area contributed by atoms with Crippen molar-refractivity contribution in [1.29, 1.82) is 0 Å². The van der Waals surface area contributed by atoms with Crippen molar-refractivity contribution in [3.8, 4) is 0 Å². The van der Waals surface area contributed by atoms with Crippen molar-refractivity contribution in [3.63, 3.8) is 0 Å². The summed E-state index contributed by atoms with van der Waals surface area (Å²) >= 11 is 0. The van der Waals surface area contributed by atoms with Crippen molar-refractivity contribution in [2.45, 2.75) is 45.1 Å². The topological polar surface area (TPSA) is 29.3 Å². The average Bonchev–Trinajstić information content (AvgIpc) is 2.46. The molecule has 0 spiro atoms. The van der Waals surface area contributed by atoms with Gasteiger partial charge in [0.2, 0.25) is 0 Å². The van der Waals surface area contributed by atoms with Crippen molar-refractivity contribution in [1.82, 2.24) is 0 Å². The summed E-state index contributed by atoms with van der Waals surface area (Å²) in [4.78, 5) is 2.37. The lowest BCUT2D eigenvalue weighted by molar-refractivity contribution is 0.341. The predicted octanol–water partition coefficient (Wildman–Crippen LogP) is 3.55. The van der Waals surface area contributed by atoms with E-state index in [1.807, 2.05) is 0 Å². The van der Waals surface area contributed by atoms with E-state index in [2.05, 4.69) is 36.2 Å². The quantitative estimate of drug-likeness (QED) is 0.861. The Hall–Kier alpha value is -1.02. The molecule has 100 valence electrons. The lowest BCUT2D eigenvalue weighted by atomic mass is 9.87. The molecule has 2 heteroatoms. The van der Waals surface area contributed by atoms with Crippen LogP contribution in [0.1, 0.15) is 44.1 Å². The predicted molar refractivity (Wildman–Crippen MR) is 78.8 cm³/mol. The number of hydrogen-bond donors (Lipinski definition) is 1. The third kappa shape index (κ3) is 3.74. The molecule has 0 radical (unpaired) electrons. The number of anilines is 1. The molecular weight excluding hydrogens is 220 g/mol. The molecule has 0 unspecified atom stereocenters. The van der Waals surface area contributed by atoms with E-state index >= 15 is 0 Å². The Balaban J connectivity index is 1.84. The third-order valence-corrected chi connectivity index (χ3v) is 4.18. The Kier molecular flexibility index (Phi) is 5.06. The Morgan fingerprint density at radius 3 is 2.72 bits per heavy atom. The van der Waals surface area contributed by atoms with E-state index in [0.717, 1.165) is 5.92 Å². The first-order chi connectivity index (χ1) is 8.79. The minimum atomic E-state index is 0.629. The molecule has 0 atom stereocenters. The molecule has 2 rings (SSSR count). The van der Waals surface area contributed by atoms with E-state index < -0.39 is 0 Å². The van der Waals surface area contributed by atoms with Crippen molar-refractivity contribution in [3.05, 3.63) is 29.8 Å². The van der Waals surface area contributed by atoms with Gasteiger partial charge in [-0.1, -0.05) is 44.2 Å². The monoisotopic (exact) mass is 246 g/mol. The van der Waals surface area contributed by atoms with Gasteiger partial charge in [-0.15, -0.1) is 0 Å². The fraction of sp³-hybridized carbons (Fsp3) is 0.625. The van der Waals surface area contributed by atoms with Gasteiger partial charge in [0.1, 0.15) is 0 Å². The largest absolute Gasteiger partial charge is 0.375 e. The first-order valence-corrected chi connectivity index (χ1v) is 7.29. The molecule has 0 aromatic heterocycles. The molecule has 1 saturated carbocycles. The van der Waals surface area contributed by atoms with Crippen LogP contribution in [0.4, 0.5) is 5.69 Å². The number of benzene rings is 1. The zero-order valence-corrected chi connectivity index (χ0v) is 11.6. The molecule has 2 N–H and O–H groups in total. The molecular formula is C16H26N2. The van der Waals surface area contributed by atoms with Crippen LogP contribution in [0.5, 0.6) is 0 Å². The summed E-state index contributed by atoms with van der Waals surface area (Å²) in [6.45, 7) is 1.79. The van der Waals surface area contributed by atoms with Gasteiger partial charge in [-0.3, -0.25) is 0 Å². The second kappa shape index (κ2) is 6.79. The van der Waals surface area contributed by atoms with E-state index in [-0.39, 0.29) is 0 Å². The second-order valence-corrected chi connectivity index (χ2v) is 5.59. The van der Waals surface area contributed by atoms with Crippen molar-refractivity contribution in [2.24, 2.45) is 11.7 Å². The van der Waals surface area contributed by atoms with E-state index in [4.69, 9.17) is 5.73 Å². The number of rotatable bonds is 5. The average molecular weight is 246 g/mol. The van der Waals surface area contributed by atoms with Crippen LogP contribution < -0.4 is 10.6 Å². The maximum atomic E-state index is 5.69. The first kappa shape index (κ1) is 13.4. The smallest absolute Gasteiger partial charge is 0.0366 e. The van der Waals surface area contributed by atoms with Gasteiger partial charge in [0.15, 0.2) is 0 Å². The van der Waals surface area contributed by atoms with Crippen LogP contribution in [-0.4, -0.2) is 13.6 Å². The van der Waals surface area contributed by atoms with Crippen LogP contribution in [-0.2, 0) is 6.54 Å². The molecule has 1 aromatic carbocycles. The summed E-state index contributed by atoms with van der Waals surface area (Å²) in [7, 11) is 2.19. The summed E-state index contributed by atoms with van der Waals surface area (Å²) in [6, 6.07) is 8.59. The summed E-state index contributed by atoms with van der Waals surface area (Å²) in [5, 5.41) is 0. The van der Waals surface area contributed by atoms with Crippen LogP contribution in [0.15, 0.2) is 24.3 Å². The van der Waals surface area contributed by atoms with Gasteiger partial charge in [-0.05, 0) is 30.0 Å². The molecule has 1 aliphatic rings. The standard InChI is InChI=1S/C16H26N2/c1-18(11-10-14-6-3-2-4-7-14)16-9-5-8-15(12-16)13-17/h5,8-9,12,14H,2-4,6-7,10-11,13,17H2,1H3. The van der Waals surface area contributed by atoms with Gasteiger partial charge in [-0.25, -0.2) is 0 Å². The lowest BCUT2D eigenvalue weighted by Gasteiger charge is -2.26. The Morgan fingerprint density at radius 2 is 2.00 bits per heavy atom.